The van der Waals surface area contributed by atoms with Crippen molar-refractivity contribution in [1.29, 1.82) is 0 Å². The van der Waals surface area contributed by atoms with Crippen LogP contribution >= 0.6 is 0 Å². The quantitative estimate of drug-likeness (QED) is 0.320. The van der Waals surface area contributed by atoms with Crippen molar-refractivity contribution in [3.05, 3.63) is 12.1 Å². The molecule has 0 saturated carbocycles. The molecule has 19 heavy (non-hydrogen) atoms. The van der Waals surface area contributed by atoms with E-state index in [4.69, 9.17) is 29.1 Å². The molecule has 9 heteroatoms. The van der Waals surface area contributed by atoms with Crippen LogP contribution in [0.4, 0.5) is 0 Å². The molecule has 102 valence electrons. The van der Waals surface area contributed by atoms with Crippen LogP contribution in [-0.2, 0) is 4.81 Å². The average Bonchev–Trinajstić information content (AvgIpc) is 2.36. The SMILES string of the molecule is CCOc1ccc(OOB(O)O)c(OC)c1OC.[H-].[Li+]. The van der Waals surface area contributed by atoms with E-state index in [0.717, 1.165) is 0 Å². The predicted octanol–water partition coefficient (Wildman–Crippen LogP) is -2.50. The molecule has 0 saturated heterocycles. The number of hydrogen-bond acceptors (Lipinski definition) is 7. The monoisotopic (exact) mass is 266 g/mol. The van der Waals surface area contributed by atoms with Gasteiger partial charge in [-0.25, -0.2) is 0 Å². The van der Waals surface area contributed by atoms with Gasteiger partial charge in [-0.2, -0.15) is 4.81 Å². The molecule has 0 aliphatic rings. The molecule has 1 aromatic rings. The Kier molecular flexibility index (Phi) is 8.47. The van der Waals surface area contributed by atoms with E-state index in [2.05, 4.69) is 4.81 Å². The summed E-state index contributed by atoms with van der Waals surface area (Å²) < 4.78 is 15.6. The topological polar surface area (TPSA) is 86.6 Å². The second-order valence-electron chi connectivity index (χ2n) is 3.07. The van der Waals surface area contributed by atoms with Crippen LogP contribution in [0, 0.1) is 0 Å². The van der Waals surface area contributed by atoms with E-state index < -0.39 is 7.32 Å². The van der Waals surface area contributed by atoms with E-state index in [0.29, 0.717) is 18.1 Å². The van der Waals surface area contributed by atoms with Crippen LogP contribution in [0.1, 0.15) is 8.35 Å². The van der Waals surface area contributed by atoms with Crippen LogP contribution in [0.5, 0.6) is 23.0 Å². The number of rotatable bonds is 7. The maximum Gasteiger partial charge on any atom is 1.00 e. The largest absolute Gasteiger partial charge is 1.00 e. The fourth-order valence-electron chi connectivity index (χ4n) is 1.34. The van der Waals surface area contributed by atoms with Gasteiger partial charge in [0.15, 0.2) is 5.75 Å². The number of methoxy groups -OCH3 is 2. The summed E-state index contributed by atoms with van der Waals surface area (Å²) in [6.45, 7) is 2.30. The third-order valence-electron chi connectivity index (χ3n) is 1.97. The first-order chi connectivity index (χ1) is 8.63. The Labute approximate surface area is 125 Å². The van der Waals surface area contributed by atoms with Crippen molar-refractivity contribution in [1.82, 2.24) is 0 Å². The summed E-state index contributed by atoms with van der Waals surface area (Å²) in [5, 5.41) is 17.1. The van der Waals surface area contributed by atoms with Crippen molar-refractivity contribution < 1.29 is 54.2 Å². The van der Waals surface area contributed by atoms with E-state index in [9.17, 15) is 0 Å². The maximum atomic E-state index is 8.55. The average molecular weight is 266 g/mol. The molecule has 0 heterocycles. The fourth-order valence-corrected chi connectivity index (χ4v) is 1.34. The fraction of sp³-hybridized carbons (Fsp3) is 0.400. The zero-order valence-electron chi connectivity index (χ0n) is 12.4. The van der Waals surface area contributed by atoms with E-state index >= 15 is 0 Å². The Morgan fingerprint density at radius 3 is 2.11 bits per heavy atom. The predicted molar refractivity (Wildman–Crippen MR) is 63.7 cm³/mol. The van der Waals surface area contributed by atoms with E-state index in [-0.39, 0.29) is 31.8 Å². The Hall–Kier alpha value is -1.04. The van der Waals surface area contributed by atoms with Gasteiger partial charge in [-0.15, -0.1) is 0 Å². The van der Waals surface area contributed by atoms with Crippen LogP contribution in [0.3, 0.4) is 0 Å². The molecule has 1 rings (SSSR count). The number of hydrogen-bond donors (Lipinski definition) is 2. The van der Waals surface area contributed by atoms with Gasteiger partial charge in [0, 0.05) is 0 Å². The molecule has 2 N–H and O–H groups in total. The summed E-state index contributed by atoms with van der Waals surface area (Å²) in [7, 11) is 0.814. The second-order valence-corrected chi connectivity index (χ2v) is 3.07. The van der Waals surface area contributed by atoms with E-state index in [1.165, 1.54) is 20.3 Å². The van der Waals surface area contributed by atoms with Gasteiger partial charge in [-0.1, -0.05) is 0 Å². The minimum Gasteiger partial charge on any atom is -1.00 e. The minimum absolute atomic E-state index is 0. The molecule has 0 aliphatic heterocycles. The van der Waals surface area contributed by atoms with Crippen molar-refractivity contribution >= 4 is 7.32 Å². The number of benzene rings is 1. The Morgan fingerprint density at radius 2 is 1.63 bits per heavy atom. The minimum atomic E-state index is -2.05. The molecular weight excluding hydrogens is 250 g/mol. The first-order valence-electron chi connectivity index (χ1n) is 5.21. The molecule has 0 radical (unpaired) electrons. The van der Waals surface area contributed by atoms with Crippen LogP contribution in [0.2, 0.25) is 0 Å². The standard InChI is InChI=1S/C10H15BO7.Li.H/c1-4-16-7-5-6-8(17-18-11(12)13)10(15-3)9(7)14-2;;/h5-6,12-13H,4H2,1-3H3;;/q;+1;-1. The molecule has 0 aromatic heterocycles. The summed E-state index contributed by atoms with van der Waals surface area (Å²) in [6.07, 6.45) is 0. The van der Waals surface area contributed by atoms with Gasteiger partial charge in [-0.05, 0) is 19.1 Å². The molecule has 1 aromatic carbocycles. The van der Waals surface area contributed by atoms with Crippen molar-refractivity contribution in [2.45, 2.75) is 6.92 Å². The Balaban J connectivity index is 0. The first kappa shape index (κ1) is 18.0. The molecule has 0 spiro atoms. The summed E-state index contributed by atoms with van der Waals surface area (Å²) in [6, 6.07) is 3.09. The Bertz CT molecular complexity index is 394. The molecule has 7 nitrogen and oxygen atoms in total. The molecule has 0 atom stereocenters. The van der Waals surface area contributed by atoms with Gasteiger partial charge in [0.1, 0.15) is 0 Å². The molecular formula is C10H16BLiO7. The molecule has 0 unspecified atom stereocenters. The molecule has 0 amide bonds. The van der Waals surface area contributed by atoms with Crippen molar-refractivity contribution in [2.24, 2.45) is 0 Å². The van der Waals surface area contributed by atoms with Gasteiger partial charge in [0.05, 0.1) is 20.8 Å². The van der Waals surface area contributed by atoms with Crippen molar-refractivity contribution in [3.8, 4) is 23.0 Å². The van der Waals surface area contributed by atoms with Gasteiger partial charge in [0.25, 0.3) is 0 Å². The van der Waals surface area contributed by atoms with E-state index in [1.54, 1.807) is 6.07 Å². The van der Waals surface area contributed by atoms with Gasteiger partial charge < -0.3 is 30.6 Å². The van der Waals surface area contributed by atoms with Gasteiger partial charge in [-0.3, -0.25) is 0 Å². The summed E-state index contributed by atoms with van der Waals surface area (Å²) in [4.78, 5) is 8.91. The molecule has 0 bridgehead atoms. The van der Waals surface area contributed by atoms with Crippen molar-refractivity contribution in [3.63, 3.8) is 0 Å². The van der Waals surface area contributed by atoms with Gasteiger partial charge in [0.2, 0.25) is 17.2 Å². The smallest absolute Gasteiger partial charge is 1.00 e. The van der Waals surface area contributed by atoms with Crippen LogP contribution < -0.4 is 38.0 Å². The third-order valence-corrected chi connectivity index (χ3v) is 1.97. The zero-order chi connectivity index (χ0) is 13.5. The van der Waals surface area contributed by atoms with Crippen LogP contribution in [0.15, 0.2) is 12.1 Å². The summed E-state index contributed by atoms with van der Waals surface area (Å²) >= 11 is 0. The molecule has 0 fully saturated rings. The summed E-state index contributed by atoms with van der Waals surface area (Å²) in [5.74, 6) is 1.16. The Morgan fingerprint density at radius 1 is 1.11 bits per heavy atom. The second kappa shape index (κ2) is 8.96. The van der Waals surface area contributed by atoms with Crippen LogP contribution in [-0.4, -0.2) is 38.2 Å². The summed E-state index contributed by atoms with van der Waals surface area (Å²) in [5.41, 5.74) is 0. The van der Waals surface area contributed by atoms with E-state index in [1.807, 2.05) is 6.92 Å². The van der Waals surface area contributed by atoms with Crippen LogP contribution in [0.25, 0.3) is 0 Å². The number of ether oxygens (including phenoxy) is 3. The third kappa shape index (κ3) is 4.86. The normalized spacial score (nSPS) is 9.32. The first-order valence-corrected chi connectivity index (χ1v) is 5.21. The zero-order valence-corrected chi connectivity index (χ0v) is 11.4. The van der Waals surface area contributed by atoms with Gasteiger partial charge >= 0.3 is 26.2 Å². The maximum absolute atomic E-state index is 8.55. The molecule has 0 aliphatic carbocycles. The van der Waals surface area contributed by atoms with Crippen molar-refractivity contribution in [2.75, 3.05) is 20.8 Å².